The van der Waals surface area contributed by atoms with Crippen molar-refractivity contribution >= 4 is 29.1 Å². The van der Waals surface area contributed by atoms with Crippen molar-refractivity contribution in [1.29, 1.82) is 0 Å². The number of aryl methyl sites for hydroxylation is 4. The molecule has 6 rings (SSSR count). The Labute approximate surface area is 373 Å². The van der Waals surface area contributed by atoms with Gasteiger partial charge in [-0.2, -0.15) is 0 Å². The fourth-order valence-electron chi connectivity index (χ4n) is 9.64. The van der Waals surface area contributed by atoms with Gasteiger partial charge in [-0.05, 0) is 129 Å². The van der Waals surface area contributed by atoms with Crippen LogP contribution in [0.25, 0.3) is 11.1 Å². The Morgan fingerprint density at radius 1 is 0.698 bits per heavy atom. The molecular weight excluding hydrogens is 801 g/mol. The summed E-state index contributed by atoms with van der Waals surface area (Å²) in [5, 5.41) is 17.6. The first-order chi connectivity index (χ1) is 30.4. The van der Waals surface area contributed by atoms with Crippen LogP contribution in [0.15, 0.2) is 35.8 Å². The van der Waals surface area contributed by atoms with E-state index in [1.54, 1.807) is 21.1 Å². The highest BCUT2D eigenvalue weighted by Crippen LogP contribution is 2.46. The van der Waals surface area contributed by atoms with E-state index in [-0.39, 0.29) is 36.4 Å². The maximum Gasteiger partial charge on any atom is 0.513 e. The van der Waals surface area contributed by atoms with Crippen molar-refractivity contribution in [2.75, 3.05) is 47.3 Å². The van der Waals surface area contributed by atoms with Gasteiger partial charge < -0.3 is 44.2 Å². The maximum atomic E-state index is 13.6. The van der Waals surface area contributed by atoms with Crippen LogP contribution >= 0.6 is 0 Å². The number of hydrogen-bond acceptors (Lipinski definition) is 10. The molecule has 0 bridgehead atoms. The number of rotatable bonds is 16. The van der Waals surface area contributed by atoms with Gasteiger partial charge in [0, 0.05) is 38.2 Å². The molecule has 0 aromatic heterocycles. The number of hydrogen-bond donors (Lipinski definition) is 3. The van der Waals surface area contributed by atoms with Gasteiger partial charge in [0.05, 0.1) is 56.4 Å². The van der Waals surface area contributed by atoms with E-state index >= 15 is 0 Å². The number of carbonyl (C=O) groups excluding carboxylic acids is 3. The zero-order valence-electron chi connectivity index (χ0n) is 38.3. The van der Waals surface area contributed by atoms with Crippen LogP contribution in [0.5, 0.6) is 0 Å². The van der Waals surface area contributed by atoms with Gasteiger partial charge in [0.25, 0.3) is 11.8 Å². The van der Waals surface area contributed by atoms with E-state index in [9.17, 15) is 19.5 Å². The summed E-state index contributed by atoms with van der Waals surface area (Å²) in [6.07, 6.45) is 19.1. The van der Waals surface area contributed by atoms with E-state index in [2.05, 4.69) is 22.5 Å². The fraction of sp³-hybridized carbons (Fsp3) is 0.549. The molecule has 4 atom stereocenters. The quantitative estimate of drug-likeness (QED) is 0.0871. The number of aliphatic hydroxyl groups excluding tert-OH is 1. The topological polar surface area (TPSA) is 151 Å². The SMILES string of the molecule is C#Cc1cc(CC)c(C2=C(O)C3(CCCC(OCCOC)C3)NC2=O)c(CC)c1.C#Cc1cc(CC)c(C2=C(OC(=O)OCC)C3(CCCC(OCCOC)C3)NC2=O)c(CC)c1. The van der Waals surface area contributed by atoms with E-state index in [1.807, 2.05) is 52.0 Å². The second kappa shape index (κ2) is 22.5. The molecule has 4 unspecified atom stereocenters. The molecule has 2 aliphatic carbocycles. The molecule has 63 heavy (non-hydrogen) atoms. The molecule has 2 aromatic rings. The monoisotopic (exact) mass is 866 g/mol. The summed E-state index contributed by atoms with van der Waals surface area (Å²) in [6, 6.07) is 7.76. The highest BCUT2D eigenvalue weighted by Gasteiger charge is 2.52. The van der Waals surface area contributed by atoms with Crippen LogP contribution in [-0.2, 0) is 63.7 Å². The molecule has 2 heterocycles. The fourth-order valence-corrected chi connectivity index (χ4v) is 9.64. The van der Waals surface area contributed by atoms with E-state index in [0.29, 0.717) is 81.9 Å². The number of aliphatic hydroxyl groups is 1. The lowest BCUT2D eigenvalue weighted by Gasteiger charge is -2.38. The van der Waals surface area contributed by atoms with Crippen LogP contribution in [0.1, 0.15) is 130 Å². The number of nitrogens with one attached hydrogen (secondary N) is 2. The lowest BCUT2D eigenvalue weighted by molar-refractivity contribution is -0.118. The number of ether oxygens (including phenoxy) is 6. The zero-order valence-corrected chi connectivity index (χ0v) is 38.3. The molecule has 2 saturated carbocycles. The van der Waals surface area contributed by atoms with E-state index in [0.717, 1.165) is 83.0 Å². The third-order valence-corrected chi connectivity index (χ3v) is 12.6. The number of carbonyl (C=O) groups is 3. The Morgan fingerprint density at radius 2 is 1.13 bits per heavy atom. The van der Waals surface area contributed by atoms with Crippen molar-refractivity contribution in [2.45, 2.75) is 135 Å². The highest BCUT2D eigenvalue weighted by atomic mass is 16.7. The summed E-state index contributed by atoms with van der Waals surface area (Å²) in [5.41, 5.74) is 6.30. The number of benzene rings is 2. The van der Waals surface area contributed by atoms with Crippen LogP contribution in [-0.4, -0.2) is 93.6 Å². The van der Waals surface area contributed by atoms with Crippen LogP contribution in [0.4, 0.5) is 4.79 Å². The van der Waals surface area contributed by atoms with Crippen LogP contribution in [0.3, 0.4) is 0 Å². The standard InChI is InChI=1S/C27H35NO6.C24H31NO4/c1-6-18-15-19(7-2)22(20(8-3)16-18)23-24(34-26(30)32-9-4)27(28-25(23)29)12-10-11-21(17-27)33-14-13-31-5;1-5-16-13-17(6-2)20(18(7-3)14-16)21-22(26)24(25-23(21)27)10-8-9-19(15-24)29-12-11-28-4/h1,15-16,21H,7-14,17H2,2-5H3,(H,28,29);1,13-14,19,26H,6-12,15H2,2-4H3,(H,25,27). The van der Waals surface area contributed by atoms with Crippen molar-refractivity contribution < 1.29 is 47.9 Å². The van der Waals surface area contributed by atoms with Crippen molar-refractivity contribution in [2.24, 2.45) is 0 Å². The summed E-state index contributed by atoms with van der Waals surface area (Å²) in [7, 11) is 3.27. The molecule has 12 heteroatoms. The first-order valence-corrected chi connectivity index (χ1v) is 22.6. The zero-order chi connectivity index (χ0) is 45.7. The van der Waals surface area contributed by atoms with Crippen LogP contribution in [0.2, 0.25) is 0 Å². The van der Waals surface area contributed by atoms with Crippen molar-refractivity contribution in [3.05, 3.63) is 80.3 Å². The Hall–Kier alpha value is -5.11. The number of methoxy groups -OCH3 is 2. The van der Waals surface area contributed by atoms with Gasteiger partial charge in [0.15, 0.2) is 5.76 Å². The third kappa shape index (κ3) is 10.8. The van der Waals surface area contributed by atoms with Gasteiger partial charge >= 0.3 is 6.16 Å². The molecule has 0 radical (unpaired) electrons. The Kier molecular flexibility index (Phi) is 17.5. The second-order valence-electron chi connectivity index (χ2n) is 16.5. The average molecular weight is 867 g/mol. The molecule has 2 fully saturated rings. The van der Waals surface area contributed by atoms with Crippen molar-refractivity contribution in [3.8, 4) is 24.7 Å². The molecule has 2 aliphatic heterocycles. The highest BCUT2D eigenvalue weighted by molar-refractivity contribution is 6.25. The molecular formula is C51H66N2O10. The van der Waals surface area contributed by atoms with Crippen LogP contribution in [0, 0.1) is 24.7 Å². The van der Waals surface area contributed by atoms with Gasteiger partial charge in [-0.25, -0.2) is 4.79 Å². The summed E-state index contributed by atoms with van der Waals surface area (Å²) < 4.78 is 33.0. The van der Waals surface area contributed by atoms with E-state index in [1.165, 1.54) is 0 Å². The molecule has 2 spiro atoms. The minimum atomic E-state index is -0.837. The Morgan fingerprint density at radius 3 is 1.57 bits per heavy atom. The Balaban J connectivity index is 0.000000240. The lowest BCUT2D eigenvalue weighted by atomic mass is 9.78. The number of terminal acetylenes is 2. The average Bonchev–Trinajstić information content (AvgIpc) is 3.67. The third-order valence-electron chi connectivity index (χ3n) is 12.6. The van der Waals surface area contributed by atoms with Crippen molar-refractivity contribution in [1.82, 2.24) is 10.6 Å². The van der Waals surface area contributed by atoms with Gasteiger partial charge in [0.2, 0.25) is 0 Å². The molecule has 3 N–H and O–H groups in total. The minimum Gasteiger partial charge on any atom is -0.509 e. The van der Waals surface area contributed by atoms with E-state index in [4.69, 9.17) is 41.3 Å². The molecule has 2 aromatic carbocycles. The predicted octanol–water partition coefficient (Wildman–Crippen LogP) is 7.69. The van der Waals surface area contributed by atoms with Gasteiger partial charge in [-0.15, -0.1) is 12.8 Å². The summed E-state index contributed by atoms with van der Waals surface area (Å²) in [5.74, 6) is 5.42. The smallest absolute Gasteiger partial charge is 0.509 e. The number of amides is 2. The molecule has 340 valence electrons. The predicted molar refractivity (Wildman–Crippen MR) is 243 cm³/mol. The first-order valence-electron chi connectivity index (χ1n) is 22.6. The van der Waals surface area contributed by atoms with E-state index < -0.39 is 17.2 Å². The maximum absolute atomic E-state index is 13.6. The first kappa shape index (κ1) is 48.9. The van der Waals surface area contributed by atoms with Crippen molar-refractivity contribution in [3.63, 3.8) is 0 Å². The lowest BCUT2D eigenvalue weighted by Crippen LogP contribution is -2.50. The van der Waals surface area contributed by atoms with Gasteiger partial charge in [0.1, 0.15) is 16.8 Å². The summed E-state index contributed by atoms with van der Waals surface area (Å²) in [6.45, 7) is 12.0. The Bertz CT molecular complexity index is 2090. The second-order valence-corrected chi connectivity index (χ2v) is 16.5. The largest absolute Gasteiger partial charge is 0.513 e. The summed E-state index contributed by atoms with van der Waals surface area (Å²) >= 11 is 0. The minimum absolute atomic E-state index is 0.0131. The summed E-state index contributed by atoms with van der Waals surface area (Å²) in [4.78, 5) is 39.2. The van der Waals surface area contributed by atoms with Crippen LogP contribution < -0.4 is 10.6 Å². The molecule has 12 nitrogen and oxygen atoms in total. The molecule has 4 aliphatic rings. The van der Waals surface area contributed by atoms with Gasteiger partial charge in [-0.1, -0.05) is 39.5 Å². The van der Waals surface area contributed by atoms with Gasteiger partial charge in [-0.3, -0.25) is 9.59 Å². The normalized spacial score (nSPS) is 22.9. The molecule has 0 saturated heterocycles. The molecule has 2 amide bonds.